The van der Waals surface area contributed by atoms with Crippen LogP contribution >= 0.6 is 0 Å². The fraction of sp³-hybridized carbons (Fsp3) is 0.791. The SMILES string of the molecule is C=C(CNCCc1ccc(O)cc1)[C@@H]1CC[C@]2(COC3CCCCO3)CC[C@]3(C)[C@H](CC[C@@H]4[C@@]5(C)CCC(=O)C(C)(C)[C@@H]5CC[C@]43C)[C@@H]12. The van der Waals surface area contributed by atoms with Crippen LogP contribution in [0.4, 0.5) is 0 Å². The maximum absolute atomic E-state index is 13.2. The molecule has 1 aliphatic heterocycles. The highest BCUT2D eigenvalue weighted by molar-refractivity contribution is 5.85. The molecule has 0 bridgehead atoms. The van der Waals surface area contributed by atoms with Gasteiger partial charge in [-0.15, -0.1) is 0 Å². The molecule has 2 N–H and O–H groups in total. The summed E-state index contributed by atoms with van der Waals surface area (Å²) in [5.41, 5.74) is 3.45. The Bertz CT molecular complexity index is 1350. The lowest BCUT2D eigenvalue weighted by molar-refractivity contribution is -0.245. The lowest BCUT2D eigenvalue weighted by atomic mass is 9.32. The van der Waals surface area contributed by atoms with Crippen molar-refractivity contribution in [2.45, 2.75) is 131 Å². The molecule has 266 valence electrons. The third-order valence-corrected chi connectivity index (χ3v) is 16.5. The van der Waals surface area contributed by atoms with Crippen LogP contribution in [-0.2, 0) is 20.7 Å². The monoisotopic (exact) mass is 659 g/mol. The number of phenols is 1. The lowest BCUT2D eigenvalue weighted by Crippen LogP contribution is -2.66. The van der Waals surface area contributed by atoms with E-state index in [4.69, 9.17) is 16.1 Å². The predicted octanol–water partition coefficient (Wildman–Crippen LogP) is 9.27. The van der Waals surface area contributed by atoms with Gasteiger partial charge in [0.1, 0.15) is 11.5 Å². The highest BCUT2D eigenvalue weighted by Crippen LogP contribution is 2.77. The third kappa shape index (κ3) is 5.56. The first-order valence-electron chi connectivity index (χ1n) is 19.8. The summed E-state index contributed by atoms with van der Waals surface area (Å²) in [7, 11) is 0. The molecule has 7 rings (SSSR count). The quantitative estimate of drug-likeness (QED) is 0.204. The first kappa shape index (κ1) is 34.7. The Kier molecular flexibility index (Phi) is 9.28. The Morgan fingerprint density at radius 3 is 2.46 bits per heavy atom. The fourth-order valence-electron chi connectivity index (χ4n) is 13.6. The van der Waals surface area contributed by atoms with Crippen LogP contribution in [0.15, 0.2) is 36.4 Å². The van der Waals surface area contributed by atoms with E-state index in [0.717, 1.165) is 58.4 Å². The van der Waals surface area contributed by atoms with Gasteiger partial charge in [0.05, 0.1) is 6.61 Å². The van der Waals surface area contributed by atoms with Crippen molar-refractivity contribution in [2.24, 2.45) is 56.7 Å². The van der Waals surface area contributed by atoms with Crippen LogP contribution in [0.25, 0.3) is 0 Å². The second-order valence-corrected chi connectivity index (χ2v) is 18.7. The summed E-state index contributed by atoms with van der Waals surface area (Å²) < 4.78 is 12.9. The van der Waals surface area contributed by atoms with E-state index in [1.165, 1.54) is 68.9 Å². The van der Waals surface area contributed by atoms with Crippen molar-refractivity contribution >= 4 is 5.78 Å². The molecular weight excluding hydrogens is 594 g/mol. The van der Waals surface area contributed by atoms with Gasteiger partial charge in [-0.2, -0.15) is 0 Å². The maximum atomic E-state index is 13.2. The van der Waals surface area contributed by atoms with Gasteiger partial charge in [0.2, 0.25) is 0 Å². The van der Waals surface area contributed by atoms with Gasteiger partial charge in [-0.25, -0.2) is 0 Å². The van der Waals surface area contributed by atoms with Gasteiger partial charge in [-0.3, -0.25) is 4.79 Å². The van der Waals surface area contributed by atoms with Gasteiger partial charge in [-0.1, -0.05) is 58.9 Å². The smallest absolute Gasteiger partial charge is 0.157 e. The first-order valence-corrected chi connectivity index (χ1v) is 19.8. The van der Waals surface area contributed by atoms with Crippen molar-refractivity contribution in [1.29, 1.82) is 0 Å². The van der Waals surface area contributed by atoms with Gasteiger partial charge in [0.25, 0.3) is 0 Å². The van der Waals surface area contributed by atoms with Crippen molar-refractivity contribution in [3.63, 3.8) is 0 Å². The average molecular weight is 660 g/mol. The Labute approximate surface area is 291 Å². The molecule has 0 aromatic heterocycles. The normalized spacial score (nSPS) is 43.5. The highest BCUT2D eigenvalue weighted by Gasteiger charge is 2.71. The van der Waals surface area contributed by atoms with Crippen molar-refractivity contribution in [3.8, 4) is 5.75 Å². The predicted molar refractivity (Wildman–Crippen MR) is 193 cm³/mol. The molecule has 5 nitrogen and oxygen atoms in total. The van der Waals surface area contributed by atoms with Crippen molar-refractivity contribution in [1.82, 2.24) is 5.32 Å². The Balaban J connectivity index is 1.13. The molecule has 48 heavy (non-hydrogen) atoms. The molecule has 5 heteroatoms. The number of ketones is 1. The number of nitrogens with one attached hydrogen (secondary N) is 1. The van der Waals surface area contributed by atoms with Crippen LogP contribution in [0.3, 0.4) is 0 Å². The Morgan fingerprint density at radius 2 is 1.71 bits per heavy atom. The summed E-state index contributed by atoms with van der Waals surface area (Å²) in [4.78, 5) is 13.2. The van der Waals surface area contributed by atoms with Gasteiger partial charge >= 0.3 is 0 Å². The van der Waals surface area contributed by atoms with E-state index in [0.29, 0.717) is 41.1 Å². The standard InChI is InChI=1S/C43H65NO4/c1-29(27-44-25-19-30-10-12-31(45)13-11-30)32-16-22-43(28-48-37-9-7-8-26-47-37)24-23-41(5)33(38(32)43)14-15-35-40(4)20-18-36(46)39(2,3)34(40)17-21-42(35,41)6/h10-13,32-35,37-38,44-45H,1,7-9,14-28H2,2-6H3/t32-,33+,34-,35+,37?,38+,40-,41+,42+,43+/m0/s1. The molecule has 5 saturated carbocycles. The number of aromatic hydroxyl groups is 1. The summed E-state index contributed by atoms with van der Waals surface area (Å²) in [6.45, 7) is 20.8. The van der Waals surface area contributed by atoms with E-state index < -0.39 is 0 Å². The number of hydrogen-bond acceptors (Lipinski definition) is 5. The number of phenolic OH excluding ortho intramolecular Hbond substituents is 1. The molecule has 1 heterocycles. The van der Waals surface area contributed by atoms with Gasteiger partial charge in [-0.05, 0) is 159 Å². The Hall–Kier alpha value is -1.69. The van der Waals surface area contributed by atoms with Gasteiger partial charge in [0.15, 0.2) is 6.29 Å². The summed E-state index contributed by atoms with van der Waals surface area (Å²) >= 11 is 0. The van der Waals surface area contributed by atoms with E-state index in [9.17, 15) is 9.90 Å². The minimum atomic E-state index is -0.199. The number of benzene rings is 1. The van der Waals surface area contributed by atoms with Crippen LogP contribution in [0.1, 0.15) is 124 Å². The fourth-order valence-corrected chi connectivity index (χ4v) is 13.6. The zero-order valence-corrected chi connectivity index (χ0v) is 30.9. The van der Waals surface area contributed by atoms with E-state index in [-0.39, 0.29) is 33.4 Å². The number of ether oxygens (including phenoxy) is 2. The molecular formula is C43H65NO4. The molecule has 6 fully saturated rings. The number of rotatable bonds is 9. The Morgan fingerprint density at radius 1 is 0.917 bits per heavy atom. The number of hydrogen-bond donors (Lipinski definition) is 2. The first-order chi connectivity index (χ1) is 22.8. The summed E-state index contributed by atoms with van der Waals surface area (Å²) in [5, 5.41) is 13.4. The van der Waals surface area contributed by atoms with Crippen molar-refractivity contribution < 1.29 is 19.4 Å². The molecule has 1 aromatic rings. The highest BCUT2D eigenvalue weighted by atomic mass is 16.7. The lowest BCUT2D eigenvalue weighted by Gasteiger charge is -2.72. The second-order valence-electron chi connectivity index (χ2n) is 18.7. The molecule has 0 spiro atoms. The van der Waals surface area contributed by atoms with E-state index >= 15 is 0 Å². The van der Waals surface area contributed by atoms with Gasteiger partial charge < -0.3 is 19.9 Å². The van der Waals surface area contributed by atoms with Crippen LogP contribution in [-0.4, -0.2) is 43.5 Å². The van der Waals surface area contributed by atoms with E-state index in [1.807, 2.05) is 12.1 Å². The molecule has 10 atom stereocenters. The van der Waals surface area contributed by atoms with Crippen LogP contribution in [0.5, 0.6) is 5.75 Å². The number of carbonyl (C=O) groups excluding carboxylic acids is 1. The summed E-state index contributed by atoms with van der Waals surface area (Å²) in [5.74, 6) is 3.80. The minimum Gasteiger partial charge on any atom is -0.508 e. The summed E-state index contributed by atoms with van der Waals surface area (Å²) in [6.07, 6.45) is 16.2. The molecule has 1 aromatic carbocycles. The number of carbonyl (C=O) groups is 1. The average Bonchev–Trinajstić information content (AvgIpc) is 3.46. The largest absolute Gasteiger partial charge is 0.508 e. The zero-order valence-electron chi connectivity index (χ0n) is 30.9. The molecule has 5 aliphatic carbocycles. The van der Waals surface area contributed by atoms with Crippen molar-refractivity contribution in [3.05, 3.63) is 42.0 Å². The molecule has 1 unspecified atom stereocenters. The zero-order chi connectivity index (χ0) is 34.0. The molecule has 0 amide bonds. The topological polar surface area (TPSA) is 67.8 Å². The van der Waals surface area contributed by atoms with E-state index in [2.05, 4.69) is 39.9 Å². The molecule has 0 radical (unpaired) electrons. The van der Waals surface area contributed by atoms with E-state index in [1.54, 1.807) is 12.1 Å². The second kappa shape index (κ2) is 12.8. The number of fused-ring (bicyclic) bond motifs is 7. The third-order valence-electron chi connectivity index (χ3n) is 16.5. The van der Waals surface area contributed by atoms with Crippen LogP contribution in [0.2, 0.25) is 0 Å². The molecule has 6 aliphatic rings. The van der Waals surface area contributed by atoms with Crippen molar-refractivity contribution in [2.75, 3.05) is 26.3 Å². The van der Waals surface area contributed by atoms with Crippen LogP contribution < -0.4 is 5.32 Å². The number of Topliss-reactive ketones (excluding diaryl/α,β-unsaturated/α-hetero) is 1. The molecule has 1 saturated heterocycles. The van der Waals surface area contributed by atoms with Gasteiger partial charge in [0, 0.05) is 25.0 Å². The summed E-state index contributed by atoms with van der Waals surface area (Å²) in [6, 6.07) is 7.60. The maximum Gasteiger partial charge on any atom is 0.157 e. The van der Waals surface area contributed by atoms with Crippen LogP contribution in [0, 0.1) is 56.7 Å². The minimum absolute atomic E-state index is 0.0354.